The molecule has 0 bridgehead atoms. The van der Waals surface area contributed by atoms with Crippen molar-refractivity contribution in [1.29, 1.82) is 0 Å². The van der Waals surface area contributed by atoms with Gasteiger partial charge in [0.2, 0.25) is 0 Å². The van der Waals surface area contributed by atoms with Crippen LogP contribution in [0.2, 0.25) is 0 Å². The highest BCUT2D eigenvalue weighted by Crippen LogP contribution is 2.20. The van der Waals surface area contributed by atoms with E-state index >= 15 is 0 Å². The van der Waals surface area contributed by atoms with Gasteiger partial charge in [-0.2, -0.15) is 0 Å². The molecule has 0 aliphatic carbocycles. The maximum absolute atomic E-state index is 9.86. The molecular formula is C15H17NO. The molecule has 0 fully saturated rings. The van der Waals surface area contributed by atoms with Crippen molar-refractivity contribution in [3.05, 3.63) is 65.5 Å². The summed E-state index contributed by atoms with van der Waals surface area (Å²) in [6.07, 6.45) is 4.51. The Kier molecular flexibility index (Phi) is 3.25. The Labute approximate surface area is 102 Å². The highest BCUT2D eigenvalue weighted by atomic mass is 16.3. The van der Waals surface area contributed by atoms with Gasteiger partial charge in [0, 0.05) is 12.4 Å². The monoisotopic (exact) mass is 227 g/mol. The lowest BCUT2D eigenvalue weighted by molar-refractivity contribution is 0.0786. The molecule has 1 N–H and O–H groups in total. The normalized spacial score (nSPS) is 11.5. The molecule has 0 saturated heterocycles. The summed E-state index contributed by atoms with van der Waals surface area (Å²) in [4.78, 5) is 4.00. The zero-order valence-corrected chi connectivity index (χ0v) is 10.2. The maximum Gasteiger partial charge on any atom is 0.0840 e. The van der Waals surface area contributed by atoms with Crippen molar-refractivity contribution in [1.82, 2.24) is 4.98 Å². The smallest absolute Gasteiger partial charge is 0.0840 e. The van der Waals surface area contributed by atoms with Gasteiger partial charge in [0.25, 0.3) is 0 Å². The second-order valence-corrected chi connectivity index (χ2v) is 4.79. The highest BCUT2D eigenvalue weighted by molar-refractivity contribution is 5.29. The Bertz CT molecular complexity index is 469. The summed E-state index contributed by atoms with van der Waals surface area (Å²) >= 11 is 0. The van der Waals surface area contributed by atoms with Crippen LogP contribution < -0.4 is 0 Å². The molecule has 0 amide bonds. The third-order valence-electron chi connectivity index (χ3n) is 2.82. The number of aromatic nitrogens is 1. The van der Waals surface area contributed by atoms with E-state index in [9.17, 15) is 5.11 Å². The topological polar surface area (TPSA) is 33.1 Å². The number of rotatable bonds is 3. The van der Waals surface area contributed by atoms with Crippen molar-refractivity contribution >= 4 is 0 Å². The van der Waals surface area contributed by atoms with Crippen LogP contribution in [0.3, 0.4) is 0 Å². The molecule has 1 heterocycles. The lowest BCUT2D eigenvalue weighted by Gasteiger charge is -2.17. The van der Waals surface area contributed by atoms with Crippen molar-refractivity contribution < 1.29 is 5.11 Å². The van der Waals surface area contributed by atoms with E-state index < -0.39 is 5.60 Å². The summed E-state index contributed by atoms with van der Waals surface area (Å²) in [6.45, 7) is 3.59. The molecule has 0 saturated carbocycles. The van der Waals surface area contributed by atoms with Crippen LogP contribution >= 0.6 is 0 Å². The van der Waals surface area contributed by atoms with Gasteiger partial charge in [0.05, 0.1) is 5.60 Å². The van der Waals surface area contributed by atoms with Gasteiger partial charge in [-0.1, -0.05) is 24.3 Å². The first-order valence-corrected chi connectivity index (χ1v) is 5.76. The van der Waals surface area contributed by atoms with E-state index in [4.69, 9.17) is 0 Å². The number of pyridine rings is 1. The van der Waals surface area contributed by atoms with Crippen LogP contribution in [0.1, 0.15) is 30.5 Å². The fraction of sp³-hybridized carbons (Fsp3) is 0.267. The second kappa shape index (κ2) is 4.68. The lowest BCUT2D eigenvalue weighted by atomic mass is 9.96. The second-order valence-electron chi connectivity index (χ2n) is 4.79. The molecule has 0 radical (unpaired) electrons. The first-order valence-electron chi connectivity index (χ1n) is 5.76. The predicted octanol–water partition coefficient (Wildman–Crippen LogP) is 2.90. The molecule has 0 spiro atoms. The summed E-state index contributed by atoms with van der Waals surface area (Å²) in [6, 6.07) is 12.1. The van der Waals surface area contributed by atoms with Gasteiger partial charge in [-0.15, -0.1) is 0 Å². The van der Waals surface area contributed by atoms with Crippen LogP contribution in [0, 0.1) is 0 Å². The van der Waals surface area contributed by atoms with Crippen molar-refractivity contribution in [2.45, 2.75) is 25.9 Å². The molecule has 0 atom stereocenters. The number of hydrogen-bond donors (Lipinski definition) is 1. The minimum Gasteiger partial charge on any atom is -0.386 e. The third kappa shape index (κ3) is 3.14. The molecule has 17 heavy (non-hydrogen) atoms. The Balaban J connectivity index is 2.14. The summed E-state index contributed by atoms with van der Waals surface area (Å²) in [5.74, 6) is 0. The van der Waals surface area contributed by atoms with E-state index in [2.05, 4.69) is 17.1 Å². The van der Waals surface area contributed by atoms with Crippen molar-refractivity contribution in [3.63, 3.8) is 0 Å². The number of hydrogen-bond acceptors (Lipinski definition) is 2. The van der Waals surface area contributed by atoms with Crippen LogP contribution in [0.15, 0.2) is 48.8 Å². The van der Waals surface area contributed by atoms with Crippen LogP contribution in [-0.4, -0.2) is 10.1 Å². The summed E-state index contributed by atoms with van der Waals surface area (Å²) in [5.41, 5.74) is 2.66. The molecular weight excluding hydrogens is 210 g/mol. The van der Waals surface area contributed by atoms with Gasteiger partial charge >= 0.3 is 0 Å². The fourth-order valence-corrected chi connectivity index (χ4v) is 1.77. The fourth-order valence-electron chi connectivity index (χ4n) is 1.77. The van der Waals surface area contributed by atoms with Crippen LogP contribution in [-0.2, 0) is 12.0 Å². The summed E-state index contributed by atoms with van der Waals surface area (Å²) in [5, 5.41) is 9.86. The standard InChI is InChI=1S/C15H17NO/c1-15(2,17)14-5-3-12(4-6-14)11-13-7-9-16-10-8-13/h3-10,17H,11H2,1-2H3. The summed E-state index contributed by atoms with van der Waals surface area (Å²) in [7, 11) is 0. The minimum atomic E-state index is -0.769. The van der Waals surface area contributed by atoms with Crippen molar-refractivity contribution in [2.75, 3.05) is 0 Å². The average Bonchev–Trinajstić information content (AvgIpc) is 2.30. The Hall–Kier alpha value is -1.67. The number of aliphatic hydroxyl groups is 1. The first kappa shape index (κ1) is 11.8. The molecule has 1 aromatic carbocycles. The van der Waals surface area contributed by atoms with Gasteiger partial charge in [-0.25, -0.2) is 0 Å². The molecule has 2 rings (SSSR count). The first-order chi connectivity index (χ1) is 8.05. The minimum absolute atomic E-state index is 0.769. The van der Waals surface area contributed by atoms with E-state index in [1.165, 1.54) is 11.1 Å². The zero-order valence-electron chi connectivity index (χ0n) is 10.2. The average molecular weight is 227 g/mol. The third-order valence-corrected chi connectivity index (χ3v) is 2.82. The van der Waals surface area contributed by atoms with Gasteiger partial charge in [-0.3, -0.25) is 4.98 Å². The van der Waals surface area contributed by atoms with Crippen molar-refractivity contribution in [2.24, 2.45) is 0 Å². The molecule has 2 heteroatoms. The Morgan fingerprint density at radius 2 is 1.47 bits per heavy atom. The Morgan fingerprint density at radius 3 is 2.00 bits per heavy atom. The van der Waals surface area contributed by atoms with E-state index in [-0.39, 0.29) is 0 Å². The highest BCUT2D eigenvalue weighted by Gasteiger charge is 2.14. The maximum atomic E-state index is 9.86. The van der Waals surface area contributed by atoms with E-state index in [1.807, 2.05) is 24.3 Å². The van der Waals surface area contributed by atoms with Crippen molar-refractivity contribution in [3.8, 4) is 0 Å². The molecule has 0 aliphatic rings. The van der Waals surface area contributed by atoms with Crippen LogP contribution in [0.4, 0.5) is 0 Å². The largest absolute Gasteiger partial charge is 0.386 e. The quantitative estimate of drug-likeness (QED) is 0.874. The molecule has 1 aromatic heterocycles. The van der Waals surface area contributed by atoms with Crippen LogP contribution in [0.25, 0.3) is 0 Å². The predicted molar refractivity (Wildman–Crippen MR) is 68.7 cm³/mol. The lowest BCUT2D eigenvalue weighted by Crippen LogP contribution is -2.15. The van der Waals surface area contributed by atoms with Gasteiger partial charge in [0.15, 0.2) is 0 Å². The SMILES string of the molecule is CC(C)(O)c1ccc(Cc2ccncc2)cc1. The molecule has 2 nitrogen and oxygen atoms in total. The van der Waals surface area contributed by atoms with E-state index in [1.54, 1.807) is 26.2 Å². The Morgan fingerprint density at radius 1 is 0.941 bits per heavy atom. The van der Waals surface area contributed by atoms with Gasteiger partial charge in [-0.05, 0) is 49.1 Å². The van der Waals surface area contributed by atoms with Gasteiger partial charge in [0.1, 0.15) is 0 Å². The number of nitrogens with zero attached hydrogens (tertiary/aromatic N) is 1. The van der Waals surface area contributed by atoms with Crippen LogP contribution in [0.5, 0.6) is 0 Å². The molecule has 0 unspecified atom stereocenters. The molecule has 88 valence electrons. The summed E-state index contributed by atoms with van der Waals surface area (Å²) < 4.78 is 0. The molecule has 2 aromatic rings. The number of benzene rings is 1. The zero-order chi connectivity index (χ0) is 12.3. The molecule has 0 aliphatic heterocycles. The van der Waals surface area contributed by atoms with E-state index in [0.717, 1.165) is 12.0 Å². The van der Waals surface area contributed by atoms with Gasteiger partial charge < -0.3 is 5.11 Å². The van der Waals surface area contributed by atoms with E-state index in [0.29, 0.717) is 0 Å².